The van der Waals surface area contributed by atoms with Gasteiger partial charge in [0.1, 0.15) is 0 Å². The fourth-order valence-corrected chi connectivity index (χ4v) is 1.20. The Labute approximate surface area is 71.2 Å². The summed E-state index contributed by atoms with van der Waals surface area (Å²) >= 11 is 5.42. The summed E-state index contributed by atoms with van der Waals surface area (Å²) in [5.41, 5.74) is 0. The van der Waals surface area contributed by atoms with E-state index < -0.39 is 0 Å². The maximum Gasteiger partial charge on any atom is 0.309 e. The van der Waals surface area contributed by atoms with Crippen molar-refractivity contribution >= 4 is 17.6 Å². The Morgan fingerprint density at radius 1 is 1.64 bits per heavy atom. The van der Waals surface area contributed by atoms with Crippen LogP contribution in [0.25, 0.3) is 0 Å². The normalized spacial score (nSPS) is 24.5. The van der Waals surface area contributed by atoms with Crippen LogP contribution in [0, 0.1) is 5.92 Å². The lowest BCUT2D eigenvalue weighted by molar-refractivity contribution is -0.141. The number of carbonyl (C=O) groups excluding carboxylic acids is 1. The number of carbonyl (C=O) groups is 1. The summed E-state index contributed by atoms with van der Waals surface area (Å²) in [6, 6.07) is 0. The summed E-state index contributed by atoms with van der Waals surface area (Å²) < 4.78 is 4.79. The van der Waals surface area contributed by atoms with Gasteiger partial charge < -0.3 is 4.74 Å². The second kappa shape index (κ2) is 4.39. The number of hydrogen-bond donors (Lipinski definition) is 0. The number of halogens is 1. The molecule has 0 spiro atoms. The van der Waals surface area contributed by atoms with Gasteiger partial charge >= 0.3 is 5.97 Å². The molecule has 1 rings (SSSR count). The second-order valence-corrected chi connectivity index (χ2v) is 2.82. The van der Waals surface area contributed by atoms with Gasteiger partial charge in [-0.05, 0) is 12.8 Å². The van der Waals surface area contributed by atoms with E-state index in [2.05, 4.69) is 0 Å². The first-order valence-corrected chi connectivity index (χ1v) is 4.25. The van der Waals surface area contributed by atoms with Gasteiger partial charge in [-0.1, -0.05) is 12.2 Å². The maximum absolute atomic E-state index is 10.9. The van der Waals surface area contributed by atoms with E-state index in [4.69, 9.17) is 16.3 Å². The third-order valence-electron chi connectivity index (χ3n) is 1.72. The lowest BCUT2D eigenvalue weighted by atomic mass is 10.0. The van der Waals surface area contributed by atoms with Crippen molar-refractivity contribution in [2.75, 3.05) is 12.5 Å². The van der Waals surface area contributed by atoms with E-state index in [0.717, 1.165) is 12.8 Å². The molecule has 3 heteroatoms. The van der Waals surface area contributed by atoms with Gasteiger partial charge in [-0.2, -0.15) is 0 Å². The first kappa shape index (κ1) is 8.60. The van der Waals surface area contributed by atoms with Crippen LogP contribution >= 0.6 is 11.6 Å². The highest BCUT2D eigenvalue weighted by molar-refractivity contribution is 6.18. The molecular formula is C8H11ClO2. The van der Waals surface area contributed by atoms with Crippen molar-refractivity contribution in [3.05, 3.63) is 12.2 Å². The fraction of sp³-hybridized carbons (Fsp3) is 0.625. The molecule has 11 heavy (non-hydrogen) atoms. The number of esters is 1. The van der Waals surface area contributed by atoms with Gasteiger partial charge in [0, 0.05) is 5.88 Å². The van der Waals surface area contributed by atoms with Gasteiger partial charge in [0.2, 0.25) is 0 Å². The number of allylic oxidation sites excluding steroid dienone is 2. The van der Waals surface area contributed by atoms with E-state index in [9.17, 15) is 4.79 Å². The molecule has 0 aromatic carbocycles. The average molecular weight is 175 g/mol. The van der Waals surface area contributed by atoms with Crippen LogP contribution in [-0.4, -0.2) is 18.5 Å². The molecule has 1 unspecified atom stereocenters. The molecule has 0 N–H and O–H groups in total. The van der Waals surface area contributed by atoms with E-state index in [0.29, 0.717) is 12.5 Å². The number of cyclic esters (lactones) is 1. The number of rotatable bonds is 3. The van der Waals surface area contributed by atoms with Crippen LogP contribution in [0.15, 0.2) is 12.2 Å². The highest BCUT2D eigenvalue weighted by atomic mass is 35.5. The minimum atomic E-state index is -0.0655. The number of ether oxygens (including phenoxy) is 1. The van der Waals surface area contributed by atoms with Crippen molar-refractivity contribution in [1.82, 2.24) is 0 Å². The Morgan fingerprint density at radius 3 is 3.00 bits per heavy atom. The van der Waals surface area contributed by atoms with E-state index in [-0.39, 0.29) is 11.9 Å². The standard InChI is InChI=1S/C8H11ClO2/c9-5-2-1-3-7-4-6-11-8(7)10/h1-2,7H,3-6H2/b2-1+. The van der Waals surface area contributed by atoms with Crippen LogP contribution < -0.4 is 0 Å². The Balaban J connectivity index is 2.25. The maximum atomic E-state index is 10.9. The Hall–Kier alpha value is -0.500. The molecule has 0 aromatic heterocycles. The largest absolute Gasteiger partial charge is 0.465 e. The quantitative estimate of drug-likeness (QED) is 0.370. The molecule has 1 atom stereocenters. The summed E-state index contributed by atoms with van der Waals surface area (Å²) in [6.07, 6.45) is 5.41. The molecule has 0 bridgehead atoms. The first-order chi connectivity index (χ1) is 5.34. The highest BCUT2D eigenvalue weighted by Crippen LogP contribution is 2.18. The molecule has 0 amide bonds. The van der Waals surface area contributed by atoms with Gasteiger partial charge in [-0.25, -0.2) is 0 Å². The van der Waals surface area contributed by atoms with Crippen molar-refractivity contribution in [2.45, 2.75) is 12.8 Å². The summed E-state index contributed by atoms with van der Waals surface area (Å²) in [5, 5.41) is 0. The fourth-order valence-electron chi connectivity index (χ4n) is 1.08. The molecule has 0 saturated carbocycles. The topological polar surface area (TPSA) is 26.3 Å². The van der Waals surface area contributed by atoms with Crippen molar-refractivity contribution in [2.24, 2.45) is 5.92 Å². The molecule has 0 aliphatic carbocycles. The molecule has 0 radical (unpaired) electrons. The minimum absolute atomic E-state index is 0.0655. The summed E-state index contributed by atoms with van der Waals surface area (Å²) in [7, 11) is 0. The predicted molar refractivity (Wildman–Crippen MR) is 43.5 cm³/mol. The van der Waals surface area contributed by atoms with Crippen LogP contribution in [0.4, 0.5) is 0 Å². The van der Waals surface area contributed by atoms with E-state index in [1.807, 2.05) is 12.2 Å². The summed E-state index contributed by atoms with van der Waals surface area (Å²) in [5.74, 6) is 0.528. The zero-order valence-electron chi connectivity index (χ0n) is 6.25. The smallest absolute Gasteiger partial charge is 0.309 e. The number of alkyl halides is 1. The lowest BCUT2D eigenvalue weighted by Crippen LogP contribution is -2.05. The van der Waals surface area contributed by atoms with Crippen molar-refractivity contribution in [1.29, 1.82) is 0 Å². The van der Waals surface area contributed by atoms with Gasteiger partial charge in [0.05, 0.1) is 12.5 Å². The molecule has 1 saturated heterocycles. The van der Waals surface area contributed by atoms with Gasteiger partial charge in [-0.3, -0.25) is 4.79 Å². The van der Waals surface area contributed by atoms with E-state index in [1.165, 1.54) is 0 Å². The van der Waals surface area contributed by atoms with E-state index in [1.54, 1.807) is 0 Å². The number of hydrogen-bond acceptors (Lipinski definition) is 2. The predicted octanol–water partition coefficient (Wildman–Crippen LogP) is 1.73. The SMILES string of the molecule is O=C1OCCC1C/C=C/CCl. The molecule has 1 heterocycles. The highest BCUT2D eigenvalue weighted by Gasteiger charge is 2.24. The first-order valence-electron chi connectivity index (χ1n) is 3.72. The molecule has 62 valence electrons. The zero-order valence-corrected chi connectivity index (χ0v) is 7.01. The summed E-state index contributed by atoms with van der Waals surface area (Å²) in [4.78, 5) is 10.9. The monoisotopic (exact) mass is 174 g/mol. The molecular weight excluding hydrogens is 164 g/mol. The molecule has 0 aromatic rings. The van der Waals surface area contributed by atoms with Gasteiger partial charge in [-0.15, -0.1) is 11.6 Å². The van der Waals surface area contributed by atoms with Crippen LogP contribution in [0.5, 0.6) is 0 Å². The van der Waals surface area contributed by atoms with Gasteiger partial charge in [0.25, 0.3) is 0 Å². The van der Waals surface area contributed by atoms with Crippen molar-refractivity contribution in [3.63, 3.8) is 0 Å². The van der Waals surface area contributed by atoms with Crippen LogP contribution in [0.3, 0.4) is 0 Å². The van der Waals surface area contributed by atoms with Crippen LogP contribution in [0.1, 0.15) is 12.8 Å². The van der Waals surface area contributed by atoms with E-state index >= 15 is 0 Å². The lowest BCUT2D eigenvalue weighted by Gasteiger charge is -1.97. The van der Waals surface area contributed by atoms with Gasteiger partial charge in [0.15, 0.2) is 0 Å². The minimum Gasteiger partial charge on any atom is -0.465 e. The molecule has 1 aliphatic rings. The Kier molecular flexibility index (Phi) is 3.43. The van der Waals surface area contributed by atoms with Crippen molar-refractivity contribution < 1.29 is 9.53 Å². The second-order valence-electron chi connectivity index (χ2n) is 2.51. The molecule has 2 nitrogen and oxygen atoms in total. The summed E-state index contributed by atoms with van der Waals surface area (Å²) in [6.45, 7) is 0.582. The average Bonchev–Trinajstić information content (AvgIpc) is 2.37. The zero-order chi connectivity index (χ0) is 8.10. The van der Waals surface area contributed by atoms with Crippen molar-refractivity contribution in [3.8, 4) is 0 Å². The molecule has 1 fully saturated rings. The Bertz CT molecular complexity index is 165. The Morgan fingerprint density at radius 2 is 2.45 bits per heavy atom. The van der Waals surface area contributed by atoms with Crippen LogP contribution in [-0.2, 0) is 9.53 Å². The third-order valence-corrected chi connectivity index (χ3v) is 1.90. The molecule has 1 aliphatic heterocycles. The third kappa shape index (κ3) is 2.54. The van der Waals surface area contributed by atoms with Crippen LogP contribution in [0.2, 0.25) is 0 Å².